The monoisotopic (exact) mass is 745 g/mol. The van der Waals surface area contributed by atoms with Crippen molar-refractivity contribution in [2.24, 2.45) is 22.7 Å². The molecule has 4 fully saturated rings. The highest BCUT2D eigenvalue weighted by Gasteiger charge is 2.88. The second-order valence-electron chi connectivity index (χ2n) is 17.6. The molecule has 2 spiro atoms. The van der Waals surface area contributed by atoms with Gasteiger partial charge in [-0.3, -0.25) is 9.52 Å². The zero-order valence-corrected chi connectivity index (χ0v) is 33.0. The van der Waals surface area contributed by atoms with Gasteiger partial charge in [0.25, 0.3) is 5.91 Å². The highest BCUT2D eigenvalue weighted by Crippen LogP contribution is 2.95. The van der Waals surface area contributed by atoms with Crippen molar-refractivity contribution in [3.05, 3.63) is 53.3 Å². The minimum atomic E-state index is -0.512. The third-order valence-corrected chi connectivity index (χ3v) is 12.5. The number of rotatable bonds is 13. The molecule has 3 saturated carbocycles. The Labute approximate surface area is 318 Å². The Bertz CT molecular complexity index is 1820. The quantitative estimate of drug-likeness (QED) is 0.0949. The highest BCUT2D eigenvalue weighted by atomic mass is 35.5. The molecule has 1 saturated heterocycles. The lowest BCUT2D eigenvalue weighted by Gasteiger charge is -2.33. The van der Waals surface area contributed by atoms with Crippen molar-refractivity contribution < 1.29 is 19.1 Å². The van der Waals surface area contributed by atoms with Gasteiger partial charge in [-0.2, -0.15) is 0 Å². The van der Waals surface area contributed by atoms with Crippen molar-refractivity contribution >= 4 is 57.1 Å². The number of fused-ring (bicyclic) bond motifs is 1. The molecule has 7 rings (SSSR count). The molecular weight excluding hydrogens is 696 g/mol. The topological polar surface area (TPSA) is 124 Å². The number of aromatic nitrogens is 4. The fourth-order valence-corrected chi connectivity index (χ4v) is 10.0. The Balaban J connectivity index is 0.853. The second-order valence-corrected chi connectivity index (χ2v) is 18.8. The number of halogens is 1. The smallest absolute Gasteiger partial charge is 0.410 e. The first-order chi connectivity index (χ1) is 24.5. The maximum atomic E-state index is 13.1. The van der Waals surface area contributed by atoms with E-state index in [0.29, 0.717) is 46.6 Å². The second kappa shape index (κ2) is 13.5. The molecule has 15 heteroatoms. The van der Waals surface area contributed by atoms with Gasteiger partial charge in [-0.25, -0.2) is 19.4 Å². The van der Waals surface area contributed by atoms with Crippen molar-refractivity contribution in [3.8, 4) is 11.7 Å². The Kier molecular flexibility index (Phi) is 9.58. The molecule has 4 heterocycles. The van der Waals surface area contributed by atoms with Crippen LogP contribution in [0.5, 0.6) is 5.88 Å². The summed E-state index contributed by atoms with van der Waals surface area (Å²) >= 11 is 7.61. The maximum absolute atomic E-state index is 13.1. The zero-order chi connectivity index (χ0) is 37.1. The van der Waals surface area contributed by atoms with Gasteiger partial charge in [0.2, 0.25) is 5.88 Å². The Morgan fingerprint density at radius 2 is 1.79 bits per heavy atom. The van der Waals surface area contributed by atoms with Gasteiger partial charge >= 0.3 is 6.09 Å². The van der Waals surface area contributed by atoms with Crippen LogP contribution in [0.4, 0.5) is 10.6 Å². The summed E-state index contributed by atoms with van der Waals surface area (Å²) in [5.41, 5.74) is 0.752. The molecule has 276 valence electrons. The summed E-state index contributed by atoms with van der Waals surface area (Å²) in [6.45, 7) is 12.0. The number of hydrogen-bond donors (Lipinski definition) is 2. The van der Waals surface area contributed by atoms with E-state index >= 15 is 0 Å². The van der Waals surface area contributed by atoms with Crippen molar-refractivity contribution in [3.63, 3.8) is 0 Å². The molecule has 1 atom stereocenters. The lowest BCUT2D eigenvalue weighted by Crippen LogP contribution is -2.45. The first kappa shape index (κ1) is 37.0. The molecule has 3 aliphatic carbocycles. The van der Waals surface area contributed by atoms with E-state index in [0.717, 1.165) is 49.5 Å². The Hall–Kier alpha value is -3.38. The van der Waals surface area contributed by atoms with E-state index in [1.807, 2.05) is 49.9 Å². The number of amides is 2. The van der Waals surface area contributed by atoms with E-state index in [1.54, 1.807) is 23.0 Å². The largest absolute Gasteiger partial charge is 0.478 e. The molecule has 2 amide bonds. The zero-order valence-electron chi connectivity index (χ0n) is 31.4. The standard InChI is InChI=1S/C37H50B2ClN7O4S/c1-33(2,3)51-32(49)46-21-23(20-34(46,4)5)8-7-18-41-25-9-6-10-28(42-25)52-45-30(48)24-11-12-26(43-29(24)40)47-19-13-27(44-47)50-22-37(38,39)31-35(14-15-35)36(31)16-17-36/h6,9-13,19,23,31H,7-8,14-18,20-22,38-39H2,1-5H3,(H,41,42)(H,45,48). The van der Waals surface area contributed by atoms with Crippen LogP contribution in [-0.4, -0.2) is 83.2 Å². The minimum Gasteiger partial charge on any atom is -0.478 e. The van der Waals surface area contributed by atoms with Crippen molar-refractivity contribution in [1.29, 1.82) is 0 Å². The van der Waals surface area contributed by atoms with E-state index in [4.69, 9.17) is 21.1 Å². The van der Waals surface area contributed by atoms with Gasteiger partial charge < -0.3 is 19.7 Å². The molecule has 0 radical (unpaired) electrons. The number of hydrogen-bond acceptors (Lipinski definition) is 9. The van der Waals surface area contributed by atoms with E-state index < -0.39 is 5.60 Å². The third kappa shape index (κ3) is 7.52. The van der Waals surface area contributed by atoms with E-state index in [9.17, 15) is 9.59 Å². The van der Waals surface area contributed by atoms with Crippen LogP contribution in [0, 0.1) is 22.7 Å². The number of carbonyl (C=O) groups is 2. The lowest BCUT2D eigenvalue weighted by atomic mass is 9.51. The van der Waals surface area contributed by atoms with Crippen LogP contribution in [0.1, 0.15) is 89.9 Å². The fourth-order valence-electron chi connectivity index (χ4n) is 9.20. The molecule has 11 nitrogen and oxygen atoms in total. The lowest BCUT2D eigenvalue weighted by molar-refractivity contribution is 0.0130. The Morgan fingerprint density at radius 3 is 2.46 bits per heavy atom. The molecule has 0 aromatic carbocycles. The molecule has 3 aromatic rings. The van der Waals surface area contributed by atoms with E-state index in [2.05, 4.69) is 54.6 Å². The number of nitrogens with zero attached hydrogens (tertiary/aromatic N) is 5. The first-order valence-corrected chi connectivity index (χ1v) is 19.8. The van der Waals surface area contributed by atoms with Crippen LogP contribution in [0.25, 0.3) is 5.82 Å². The van der Waals surface area contributed by atoms with Crippen LogP contribution in [0.15, 0.2) is 47.6 Å². The third-order valence-electron chi connectivity index (χ3n) is 11.5. The van der Waals surface area contributed by atoms with Crippen LogP contribution in [0.2, 0.25) is 10.4 Å². The van der Waals surface area contributed by atoms with Crippen LogP contribution < -0.4 is 14.8 Å². The Morgan fingerprint density at radius 1 is 1.06 bits per heavy atom. The fraction of sp³-hybridized carbons (Fsp3) is 0.595. The molecule has 2 N–H and O–H groups in total. The molecule has 1 unspecified atom stereocenters. The molecular formula is C37H50B2ClN7O4S. The van der Waals surface area contributed by atoms with Gasteiger partial charge in [0.15, 0.2) is 5.82 Å². The number of pyridine rings is 2. The van der Waals surface area contributed by atoms with Crippen LogP contribution >= 0.6 is 23.5 Å². The maximum Gasteiger partial charge on any atom is 0.410 e. The first-order valence-electron chi connectivity index (χ1n) is 18.6. The molecule has 3 aromatic heterocycles. The SMILES string of the molecule is BC(B)(COc1ccn(-c2ccc(C(=O)NSc3cccc(NCCCC4CN(C(=O)OC(C)(C)C)C(C)(C)C4)n3)c(Cl)n2)n1)C1C2(CC2)C12CC2. The summed E-state index contributed by atoms with van der Waals surface area (Å²) in [5, 5.41) is 8.79. The van der Waals surface area contributed by atoms with Crippen LogP contribution in [-0.2, 0) is 4.74 Å². The van der Waals surface area contributed by atoms with Gasteiger partial charge in [0.05, 0.1) is 12.2 Å². The normalized spacial score (nSPS) is 20.9. The number of anilines is 1. The van der Waals surface area contributed by atoms with Gasteiger partial charge in [-0.05, 0) is 132 Å². The van der Waals surface area contributed by atoms with Crippen LogP contribution in [0.3, 0.4) is 0 Å². The van der Waals surface area contributed by atoms with Gasteiger partial charge in [0.1, 0.15) is 37.3 Å². The van der Waals surface area contributed by atoms with E-state index in [-0.39, 0.29) is 33.5 Å². The summed E-state index contributed by atoms with van der Waals surface area (Å²) < 4.78 is 16.3. The predicted octanol–water partition coefficient (Wildman–Crippen LogP) is 5.93. The molecule has 1 aliphatic heterocycles. The number of likely N-dealkylation sites (tertiary alicyclic amines) is 1. The summed E-state index contributed by atoms with van der Waals surface area (Å²) in [5.74, 6) is 2.57. The van der Waals surface area contributed by atoms with Gasteiger partial charge in [-0.1, -0.05) is 17.7 Å². The molecule has 0 bridgehead atoms. The average Bonchev–Trinajstić information content (AvgIpc) is 4.03. The predicted molar refractivity (Wildman–Crippen MR) is 209 cm³/mol. The highest BCUT2D eigenvalue weighted by molar-refractivity contribution is 7.97. The van der Waals surface area contributed by atoms with Gasteiger partial charge in [0, 0.05) is 42.8 Å². The summed E-state index contributed by atoms with van der Waals surface area (Å²) in [7, 11) is 4.66. The van der Waals surface area contributed by atoms with Gasteiger partial charge in [-0.15, -0.1) is 5.10 Å². The van der Waals surface area contributed by atoms with Crippen molar-refractivity contribution in [1.82, 2.24) is 29.4 Å². The number of ether oxygens (including phenoxy) is 2. The number of carbonyl (C=O) groups excluding carboxylic acids is 2. The average molecular weight is 746 g/mol. The van der Waals surface area contributed by atoms with Crippen molar-refractivity contribution in [2.75, 3.05) is 25.0 Å². The summed E-state index contributed by atoms with van der Waals surface area (Å²) in [4.78, 5) is 36.8. The molecule has 4 aliphatic rings. The van der Waals surface area contributed by atoms with Crippen molar-refractivity contribution in [2.45, 2.75) is 101 Å². The molecule has 52 heavy (non-hydrogen) atoms. The van der Waals surface area contributed by atoms with E-state index in [1.165, 1.54) is 25.7 Å². The summed E-state index contributed by atoms with van der Waals surface area (Å²) in [6.07, 6.45) is 9.96. The number of nitrogens with one attached hydrogen (secondary N) is 2. The minimum absolute atomic E-state index is 0.0798. The summed E-state index contributed by atoms with van der Waals surface area (Å²) in [6, 6.07) is 10.8.